The quantitative estimate of drug-likeness (QED) is 0.910. The molecule has 1 aromatic heterocycles. The molecule has 0 unspecified atom stereocenters. The van der Waals surface area contributed by atoms with Crippen molar-refractivity contribution in [2.24, 2.45) is 0 Å². The molecule has 2 aromatic rings. The highest BCUT2D eigenvalue weighted by Gasteiger charge is 2.25. The van der Waals surface area contributed by atoms with Crippen molar-refractivity contribution in [1.29, 1.82) is 0 Å². The number of aryl methyl sites for hydroxylation is 2. The molecule has 1 N–H and O–H groups in total. The lowest BCUT2D eigenvalue weighted by Gasteiger charge is -2.15. The molecule has 0 spiro atoms. The molecule has 0 atom stereocenters. The molecule has 0 amide bonds. The first-order valence-electron chi connectivity index (χ1n) is 6.57. The third-order valence-corrected chi connectivity index (χ3v) is 3.47. The number of benzene rings is 1. The van der Waals surface area contributed by atoms with E-state index in [0.29, 0.717) is 25.2 Å². The molecule has 5 heteroatoms. The minimum atomic E-state index is -1.00. The maximum Gasteiger partial charge on any atom is 0.356 e. The van der Waals surface area contributed by atoms with Crippen LogP contribution >= 0.6 is 0 Å². The Bertz CT molecular complexity index is 668. The second-order valence-electron chi connectivity index (χ2n) is 5.14. The fourth-order valence-electron chi connectivity index (χ4n) is 2.70. The van der Waals surface area contributed by atoms with Crippen LogP contribution in [0.3, 0.4) is 0 Å². The van der Waals surface area contributed by atoms with Crippen molar-refractivity contribution in [2.45, 2.75) is 26.9 Å². The van der Waals surface area contributed by atoms with Crippen LogP contribution in [0.25, 0.3) is 5.69 Å². The Morgan fingerprint density at radius 1 is 1.30 bits per heavy atom. The van der Waals surface area contributed by atoms with Crippen molar-refractivity contribution < 1.29 is 14.6 Å². The summed E-state index contributed by atoms with van der Waals surface area (Å²) in [5, 5.41) is 13.6. The van der Waals surface area contributed by atoms with E-state index in [-0.39, 0.29) is 5.69 Å². The van der Waals surface area contributed by atoms with Gasteiger partial charge in [0.05, 0.1) is 24.6 Å². The first-order valence-corrected chi connectivity index (χ1v) is 6.57. The average molecular weight is 272 g/mol. The standard InChI is InChI=1S/C15H16N2O3/c1-9-5-10(2)7-11(6-9)17-13-3-4-20-8-12(13)14(16-17)15(18)19/h5-7H,3-4,8H2,1-2H3,(H,18,19). The van der Waals surface area contributed by atoms with Crippen molar-refractivity contribution in [3.05, 3.63) is 46.3 Å². The summed E-state index contributed by atoms with van der Waals surface area (Å²) >= 11 is 0. The summed E-state index contributed by atoms with van der Waals surface area (Å²) in [4.78, 5) is 11.3. The summed E-state index contributed by atoms with van der Waals surface area (Å²) in [6, 6.07) is 6.11. The first kappa shape index (κ1) is 12.9. The Balaban J connectivity index is 2.20. The normalized spacial score (nSPS) is 14.1. The molecule has 2 heterocycles. The Morgan fingerprint density at radius 3 is 2.65 bits per heavy atom. The second-order valence-corrected chi connectivity index (χ2v) is 5.14. The van der Waals surface area contributed by atoms with Gasteiger partial charge in [-0.15, -0.1) is 0 Å². The third-order valence-electron chi connectivity index (χ3n) is 3.47. The molecule has 0 saturated carbocycles. The van der Waals surface area contributed by atoms with Crippen LogP contribution in [0.5, 0.6) is 0 Å². The van der Waals surface area contributed by atoms with Gasteiger partial charge in [-0.2, -0.15) is 5.10 Å². The minimum absolute atomic E-state index is 0.0962. The van der Waals surface area contributed by atoms with Gasteiger partial charge in [0.1, 0.15) is 0 Å². The predicted octanol–water partition coefficient (Wildman–Crippen LogP) is 2.26. The van der Waals surface area contributed by atoms with Crippen LogP contribution in [0.4, 0.5) is 0 Å². The fraction of sp³-hybridized carbons (Fsp3) is 0.333. The van der Waals surface area contributed by atoms with Crippen LogP contribution in [0.15, 0.2) is 18.2 Å². The van der Waals surface area contributed by atoms with Crippen molar-refractivity contribution >= 4 is 5.97 Å². The van der Waals surface area contributed by atoms with Gasteiger partial charge in [0, 0.05) is 12.0 Å². The van der Waals surface area contributed by atoms with Gasteiger partial charge >= 0.3 is 5.97 Å². The summed E-state index contributed by atoms with van der Waals surface area (Å²) in [6.07, 6.45) is 0.683. The van der Waals surface area contributed by atoms with Crippen LogP contribution in [-0.2, 0) is 17.8 Å². The Labute approximate surface area is 116 Å². The molecular formula is C15H16N2O3. The molecule has 0 aliphatic carbocycles. The van der Waals surface area contributed by atoms with E-state index in [1.54, 1.807) is 4.68 Å². The number of carboxylic acids is 1. The number of nitrogens with zero attached hydrogens (tertiary/aromatic N) is 2. The van der Waals surface area contributed by atoms with E-state index in [4.69, 9.17) is 4.74 Å². The van der Waals surface area contributed by atoms with E-state index in [2.05, 4.69) is 11.2 Å². The van der Waals surface area contributed by atoms with E-state index in [0.717, 1.165) is 22.5 Å². The SMILES string of the molecule is Cc1cc(C)cc(-n2nc(C(=O)O)c3c2CCOC3)c1. The van der Waals surface area contributed by atoms with E-state index in [9.17, 15) is 9.90 Å². The maximum absolute atomic E-state index is 11.3. The van der Waals surface area contributed by atoms with Crippen molar-refractivity contribution in [2.75, 3.05) is 6.61 Å². The molecule has 20 heavy (non-hydrogen) atoms. The molecule has 1 aliphatic heterocycles. The van der Waals surface area contributed by atoms with E-state index >= 15 is 0 Å². The molecule has 1 aromatic carbocycles. The molecule has 5 nitrogen and oxygen atoms in total. The number of rotatable bonds is 2. The zero-order valence-electron chi connectivity index (χ0n) is 11.5. The zero-order chi connectivity index (χ0) is 14.3. The zero-order valence-corrected chi connectivity index (χ0v) is 11.5. The van der Waals surface area contributed by atoms with Gasteiger partial charge < -0.3 is 9.84 Å². The van der Waals surface area contributed by atoms with Gasteiger partial charge in [0.25, 0.3) is 0 Å². The molecule has 0 fully saturated rings. The van der Waals surface area contributed by atoms with Crippen LogP contribution in [0.1, 0.15) is 32.9 Å². The summed E-state index contributed by atoms with van der Waals surface area (Å²) < 4.78 is 7.12. The topological polar surface area (TPSA) is 64.4 Å². The highest BCUT2D eigenvalue weighted by molar-refractivity contribution is 5.87. The van der Waals surface area contributed by atoms with E-state index < -0.39 is 5.97 Å². The molecule has 3 rings (SSSR count). The Hall–Kier alpha value is -2.14. The highest BCUT2D eigenvalue weighted by Crippen LogP contribution is 2.25. The average Bonchev–Trinajstić information content (AvgIpc) is 2.77. The first-order chi connectivity index (χ1) is 9.56. The highest BCUT2D eigenvalue weighted by atomic mass is 16.5. The number of ether oxygens (including phenoxy) is 1. The van der Waals surface area contributed by atoms with Crippen LogP contribution < -0.4 is 0 Å². The Kier molecular flexibility index (Phi) is 3.06. The van der Waals surface area contributed by atoms with E-state index in [1.807, 2.05) is 26.0 Å². The molecule has 0 saturated heterocycles. The van der Waals surface area contributed by atoms with E-state index in [1.165, 1.54) is 0 Å². The number of fused-ring (bicyclic) bond motifs is 1. The largest absolute Gasteiger partial charge is 0.476 e. The summed E-state index contributed by atoms with van der Waals surface area (Å²) in [5.74, 6) is -1.00. The van der Waals surface area contributed by atoms with Gasteiger partial charge in [-0.25, -0.2) is 9.48 Å². The lowest BCUT2D eigenvalue weighted by molar-refractivity contribution is 0.0677. The smallest absolute Gasteiger partial charge is 0.356 e. The molecule has 0 radical (unpaired) electrons. The van der Waals surface area contributed by atoms with Crippen molar-refractivity contribution in [3.8, 4) is 5.69 Å². The van der Waals surface area contributed by atoms with Crippen LogP contribution in [-0.4, -0.2) is 27.5 Å². The van der Waals surface area contributed by atoms with Gasteiger partial charge in [-0.1, -0.05) is 6.07 Å². The monoisotopic (exact) mass is 272 g/mol. The van der Waals surface area contributed by atoms with Gasteiger partial charge in [0.15, 0.2) is 5.69 Å². The Morgan fingerprint density at radius 2 is 2.00 bits per heavy atom. The number of hydrogen-bond acceptors (Lipinski definition) is 3. The molecule has 0 bridgehead atoms. The van der Waals surface area contributed by atoms with Crippen molar-refractivity contribution in [3.63, 3.8) is 0 Å². The number of aromatic nitrogens is 2. The second kappa shape index (κ2) is 4.76. The van der Waals surface area contributed by atoms with Gasteiger partial charge in [-0.05, 0) is 37.1 Å². The fourth-order valence-corrected chi connectivity index (χ4v) is 2.70. The number of carboxylic acid groups (broad SMARTS) is 1. The lowest BCUT2D eigenvalue weighted by Crippen LogP contribution is -2.13. The number of aromatic carboxylic acids is 1. The maximum atomic E-state index is 11.3. The lowest BCUT2D eigenvalue weighted by atomic mass is 10.1. The molecular weight excluding hydrogens is 256 g/mol. The third kappa shape index (κ3) is 2.10. The van der Waals surface area contributed by atoms with Crippen molar-refractivity contribution in [1.82, 2.24) is 9.78 Å². The number of carbonyl (C=O) groups is 1. The number of hydrogen-bond donors (Lipinski definition) is 1. The van der Waals surface area contributed by atoms with Gasteiger partial charge in [0.2, 0.25) is 0 Å². The molecule has 104 valence electrons. The predicted molar refractivity (Wildman–Crippen MR) is 73.4 cm³/mol. The minimum Gasteiger partial charge on any atom is -0.476 e. The summed E-state index contributed by atoms with van der Waals surface area (Å²) in [7, 11) is 0. The van der Waals surface area contributed by atoms with Crippen LogP contribution in [0, 0.1) is 13.8 Å². The van der Waals surface area contributed by atoms with Crippen LogP contribution in [0.2, 0.25) is 0 Å². The summed E-state index contributed by atoms with van der Waals surface area (Å²) in [6.45, 7) is 4.96. The van der Waals surface area contributed by atoms with Gasteiger partial charge in [-0.3, -0.25) is 0 Å². The molecule has 1 aliphatic rings. The summed E-state index contributed by atoms with van der Waals surface area (Å²) in [5.41, 5.74) is 4.91.